The number of halogens is 2. The summed E-state index contributed by atoms with van der Waals surface area (Å²) in [5.74, 6) is -0.544. The lowest BCUT2D eigenvalue weighted by Crippen LogP contribution is -2.30. The van der Waals surface area contributed by atoms with E-state index in [9.17, 15) is 9.18 Å². The Kier molecular flexibility index (Phi) is 4.81. The Morgan fingerprint density at radius 1 is 1.29 bits per heavy atom. The van der Waals surface area contributed by atoms with E-state index in [-0.39, 0.29) is 11.7 Å². The molecule has 2 rings (SSSR count). The first-order valence-corrected chi connectivity index (χ1v) is 6.97. The SMILES string of the molecule is CCN(Cc1cccc(F)c1)C(=O)c1cc(N)ccc1Cl. The van der Waals surface area contributed by atoms with Crippen molar-refractivity contribution in [3.63, 3.8) is 0 Å². The van der Waals surface area contributed by atoms with Gasteiger partial charge in [0.25, 0.3) is 5.91 Å². The molecule has 5 heteroatoms. The maximum Gasteiger partial charge on any atom is 0.255 e. The van der Waals surface area contributed by atoms with Crippen LogP contribution in [0.15, 0.2) is 42.5 Å². The van der Waals surface area contributed by atoms with Gasteiger partial charge in [-0.3, -0.25) is 4.79 Å². The van der Waals surface area contributed by atoms with Crippen molar-refractivity contribution in [3.05, 3.63) is 64.4 Å². The average molecular weight is 307 g/mol. The van der Waals surface area contributed by atoms with Gasteiger partial charge in [0.2, 0.25) is 0 Å². The van der Waals surface area contributed by atoms with Gasteiger partial charge < -0.3 is 10.6 Å². The van der Waals surface area contributed by atoms with Crippen LogP contribution >= 0.6 is 11.6 Å². The molecule has 2 aromatic rings. The molecule has 0 fully saturated rings. The van der Waals surface area contributed by atoms with E-state index in [0.29, 0.717) is 29.4 Å². The number of benzene rings is 2. The molecule has 3 nitrogen and oxygen atoms in total. The topological polar surface area (TPSA) is 46.3 Å². The van der Waals surface area contributed by atoms with Crippen LogP contribution < -0.4 is 5.73 Å². The molecule has 0 aromatic heterocycles. The number of hydrogen-bond donors (Lipinski definition) is 1. The highest BCUT2D eigenvalue weighted by molar-refractivity contribution is 6.34. The third-order valence-corrected chi connectivity index (χ3v) is 3.48. The summed E-state index contributed by atoms with van der Waals surface area (Å²) in [6, 6.07) is 11.0. The van der Waals surface area contributed by atoms with Gasteiger partial charge in [-0.1, -0.05) is 23.7 Å². The number of carbonyl (C=O) groups is 1. The number of nitrogens with zero attached hydrogens (tertiary/aromatic N) is 1. The number of rotatable bonds is 4. The molecule has 0 unspecified atom stereocenters. The second-order valence-electron chi connectivity index (χ2n) is 4.69. The number of hydrogen-bond acceptors (Lipinski definition) is 2. The molecule has 2 aromatic carbocycles. The first kappa shape index (κ1) is 15.3. The van der Waals surface area contributed by atoms with Crippen LogP contribution in [0.25, 0.3) is 0 Å². The first-order chi connectivity index (χ1) is 10.0. The molecule has 21 heavy (non-hydrogen) atoms. The van der Waals surface area contributed by atoms with Crippen LogP contribution in [0.1, 0.15) is 22.8 Å². The Labute approximate surface area is 128 Å². The third-order valence-electron chi connectivity index (χ3n) is 3.15. The molecule has 0 atom stereocenters. The summed E-state index contributed by atoms with van der Waals surface area (Å²) in [6.07, 6.45) is 0. The van der Waals surface area contributed by atoms with E-state index in [4.69, 9.17) is 17.3 Å². The Morgan fingerprint density at radius 3 is 2.71 bits per heavy atom. The fourth-order valence-electron chi connectivity index (χ4n) is 2.06. The molecular formula is C16H16ClFN2O. The molecule has 0 aliphatic heterocycles. The van der Waals surface area contributed by atoms with Crippen LogP contribution in [0, 0.1) is 5.82 Å². The quantitative estimate of drug-likeness (QED) is 0.875. The van der Waals surface area contributed by atoms with Crippen LogP contribution in [0.5, 0.6) is 0 Å². The second kappa shape index (κ2) is 6.59. The molecule has 0 heterocycles. The molecule has 0 saturated heterocycles. The van der Waals surface area contributed by atoms with Crippen LogP contribution in [0.2, 0.25) is 5.02 Å². The minimum absolute atomic E-state index is 0.223. The van der Waals surface area contributed by atoms with Gasteiger partial charge in [0.1, 0.15) is 5.82 Å². The van der Waals surface area contributed by atoms with Crippen LogP contribution in [-0.4, -0.2) is 17.4 Å². The van der Waals surface area contributed by atoms with Crippen molar-refractivity contribution in [1.29, 1.82) is 0 Å². The molecule has 0 radical (unpaired) electrons. The Balaban J connectivity index is 2.24. The molecule has 0 aliphatic carbocycles. The molecule has 2 N–H and O–H groups in total. The highest BCUT2D eigenvalue weighted by Crippen LogP contribution is 2.21. The molecule has 0 saturated carbocycles. The van der Waals surface area contributed by atoms with Crippen molar-refractivity contribution < 1.29 is 9.18 Å². The Hall–Kier alpha value is -2.07. The van der Waals surface area contributed by atoms with E-state index < -0.39 is 0 Å². The van der Waals surface area contributed by atoms with Crippen molar-refractivity contribution in [2.75, 3.05) is 12.3 Å². The summed E-state index contributed by atoms with van der Waals surface area (Å²) >= 11 is 6.06. The third kappa shape index (κ3) is 3.73. The van der Waals surface area contributed by atoms with Gasteiger partial charge in [0.15, 0.2) is 0 Å². The number of amides is 1. The van der Waals surface area contributed by atoms with Gasteiger partial charge in [0, 0.05) is 18.8 Å². The van der Waals surface area contributed by atoms with Gasteiger partial charge in [-0.15, -0.1) is 0 Å². The fourth-order valence-corrected chi connectivity index (χ4v) is 2.26. The van der Waals surface area contributed by atoms with E-state index >= 15 is 0 Å². The number of nitrogens with two attached hydrogens (primary N) is 1. The largest absolute Gasteiger partial charge is 0.399 e. The molecule has 110 valence electrons. The summed E-state index contributed by atoms with van der Waals surface area (Å²) < 4.78 is 13.2. The van der Waals surface area contributed by atoms with Crippen molar-refractivity contribution in [2.45, 2.75) is 13.5 Å². The minimum Gasteiger partial charge on any atom is -0.399 e. The molecular weight excluding hydrogens is 291 g/mol. The smallest absolute Gasteiger partial charge is 0.255 e. The lowest BCUT2D eigenvalue weighted by Gasteiger charge is -2.22. The highest BCUT2D eigenvalue weighted by Gasteiger charge is 2.18. The zero-order valence-corrected chi connectivity index (χ0v) is 12.4. The van der Waals surface area contributed by atoms with Crippen molar-refractivity contribution in [1.82, 2.24) is 4.90 Å². The van der Waals surface area contributed by atoms with Gasteiger partial charge in [-0.25, -0.2) is 4.39 Å². The normalized spacial score (nSPS) is 10.4. The summed E-state index contributed by atoms with van der Waals surface area (Å²) in [5, 5.41) is 0.354. The molecule has 0 spiro atoms. The fraction of sp³-hybridized carbons (Fsp3) is 0.188. The lowest BCUT2D eigenvalue weighted by molar-refractivity contribution is 0.0752. The average Bonchev–Trinajstić information content (AvgIpc) is 2.46. The van der Waals surface area contributed by atoms with Crippen LogP contribution in [0.3, 0.4) is 0 Å². The predicted molar refractivity (Wildman–Crippen MR) is 82.7 cm³/mol. The summed E-state index contributed by atoms with van der Waals surface area (Å²) in [5.41, 5.74) is 7.26. The zero-order chi connectivity index (χ0) is 15.4. The van der Waals surface area contributed by atoms with Crippen molar-refractivity contribution in [3.8, 4) is 0 Å². The summed E-state index contributed by atoms with van der Waals surface area (Å²) in [7, 11) is 0. The Morgan fingerprint density at radius 2 is 2.05 bits per heavy atom. The number of nitrogen functional groups attached to an aromatic ring is 1. The van der Waals surface area contributed by atoms with E-state index in [1.165, 1.54) is 12.1 Å². The van der Waals surface area contributed by atoms with E-state index in [1.54, 1.807) is 35.2 Å². The summed E-state index contributed by atoms with van der Waals surface area (Å²) in [6.45, 7) is 2.66. The van der Waals surface area contributed by atoms with Crippen LogP contribution in [0.4, 0.5) is 10.1 Å². The summed E-state index contributed by atoms with van der Waals surface area (Å²) in [4.78, 5) is 14.1. The van der Waals surface area contributed by atoms with Gasteiger partial charge in [-0.05, 0) is 42.8 Å². The first-order valence-electron chi connectivity index (χ1n) is 6.60. The highest BCUT2D eigenvalue weighted by atomic mass is 35.5. The van der Waals surface area contributed by atoms with Gasteiger partial charge in [-0.2, -0.15) is 0 Å². The maximum absolute atomic E-state index is 13.2. The monoisotopic (exact) mass is 306 g/mol. The zero-order valence-electron chi connectivity index (χ0n) is 11.6. The Bertz CT molecular complexity index is 660. The molecule has 0 aliphatic rings. The molecule has 0 bridgehead atoms. The number of anilines is 1. The maximum atomic E-state index is 13.2. The number of carbonyl (C=O) groups excluding carboxylic acids is 1. The van der Waals surface area contributed by atoms with Gasteiger partial charge >= 0.3 is 0 Å². The van der Waals surface area contributed by atoms with E-state index in [0.717, 1.165) is 5.56 Å². The second-order valence-corrected chi connectivity index (χ2v) is 5.10. The molecule has 1 amide bonds. The van der Waals surface area contributed by atoms with Crippen LogP contribution in [-0.2, 0) is 6.54 Å². The lowest BCUT2D eigenvalue weighted by atomic mass is 10.1. The van der Waals surface area contributed by atoms with Crippen molar-refractivity contribution in [2.24, 2.45) is 0 Å². The predicted octanol–water partition coefficient (Wildman–Crippen LogP) is 3.72. The van der Waals surface area contributed by atoms with Gasteiger partial charge in [0.05, 0.1) is 10.6 Å². The van der Waals surface area contributed by atoms with Crippen molar-refractivity contribution >= 4 is 23.2 Å². The standard InChI is InChI=1S/C16H16ClFN2O/c1-2-20(10-11-4-3-5-12(18)8-11)16(21)14-9-13(19)6-7-15(14)17/h3-9H,2,10,19H2,1H3. The van der Waals surface area contributed by atoms with E-state index in [2.05, 4.69) is 0 Å². The minimum atomic E-state index is -0.321. The van der Waals surface area contributed by atoms with E-state index in [1.807, 2.05) is 6.92 Å².